The van der Waals surface area contributed by atoms with Gasteiger partial charge in [-0.2, -0.15) is 0 Å². The minimum absolute atomic E-state index is 0.0193. The second kappa shape index (κ2) is 16.9. The van der Waals surface area contributed by atoms with Gasteiger partial charge in [-0.05, 0) is 113 Å². The Kier molecular flexibility index (Phi) is 13.1. The molecule has 2 saturated carbocycles. The first-order valence-corrected chi connectivity index (χ1v) is 22.3. The van der Waals surface area contributed by atoms with Crippen molar-refractivity contribution in [1.82, 2.24) is 5.32 Å². The van der Waals surface area contributed by atoms with Crippen molar-refractivity contribution in [3.05, 3.63) is 52.7 Å². The summed E-state index contributed by atoms with van der Waals surface area (Å²) in [6.07, 6.45) is 3.62. The van der Waals surface area contributed by atoms with E-state index in [1.54, 1.807) is 45.0 Å². The van der Waals surface area contributed by atoms with Gasteiger partial charge >= 0.3 is 11.9 Å². The molecule has 61 heavy (non-hydrogen) atoms. The Hall–Kier alpha value is -3.42. The molecule has 338 valence electrons. The van der Waals surface area contributed by atoms with Gasteiger partial charge in [-0.25, -0.2) is 4.79 Å². The van der Waals surface area contributed by atoms with E-state index >= 15 is 0 Å². The summed E-state index contributed by atoms with van der Waals surface area (Å²) in [6.45, 7) is 17.3. The third-order valence-corrected chi connectivity index (χ3v) is 16.3. The Balaban J connectivity index is 1.21. The van der Waals surface area contributed by atoms with Gasteiger partial charge in [0.1, 0.15) is 17.6 Å². The summed E-state index contributed by atoms with van der Waals surface area (Å²) in [6, 6.07) is 8.91. The molecule has 0 spiro atoms. The lowest BCUT2D eigenvalue weighted by Gasteiger charge is -2.64. The molecule has 1 amide bonds. The Bertz CT molecular complexity index is 1910. The van der Waals surface area contributed by atoms with Gasteiger partial charge in [-0.1, -0.05) is 76.1 Å². The number of amides is 1. The number of fused-ring (bicyclic) bond motifs is 4. The Morgan fingerprint density at radius 2 is 1.61 bits per heavy atom. The van der Waals surface area contributed by atoms with Crippen molar-refractivity contribution in [2.24, 2.45) is 45.3 Å². The van der Waals surface area contributed by atoms with Gasteiger partial charge in [0.15, 0.2) is 6.29 Å². The molecule has 3 fully saturated rings. The molecule has 5 aliphatic rings. The number of allylic oxidation sites excluding steroid dienone is 1. The normalized spacial score (nSPS) is 37.0. The number of Topliss-reactive ketones (excluding diaryl/α,β-unsaturated/α-hetero) is 1. The first-order valence-electron chi connectivity index (χ1n) is 22.3. The highest BCUT2D eigenvalue weighted by Crippen LogP contribution is 2.73. The van der Waals surface area contributed by atoms with Crippen molar-refractivity contribution in [3.63, 3.8) is 0 Å². The zero-order valence-corrected chi connectivity index (χ0v) is 38.0. The Labute approximate surface area is 361 Å². The monoisotopic (exact) mass is 850 g/mol. The molecule has 1 aromatic carbocycles. The number of aliphatic hydroxyl groups is 4. The van der Waals surface area contributed by atoms with E-state index in [0.29, 0.717) is 31.2 Å². The standard InChI is InChI=1S/C49H71NO11/c1-28(51)22-30-25-47(7)34-24-37(52)49(9)32(31-16-19-38(45(4,5)57)60-42(31)55)20-21-48(49,8)33(34)17-18-36(47)44(2,3)41(30)61-40(54)27-46(6,58)26-39(53)50-35(43(56)59-10)23-29-14-12-11-13-15-29/h11-15,23,30-32,36-38,41-42,52,55,57-58H,16-22,24-27H2,1-10H3,(H,50,53). The average molecular weight is 850 g/mol. The molecule has 1 saturated heterocycles. The molecule has 4 aliphatic carbocycles. The number of ketones is 1. The lowest BCUT2D eigenvalue weighted by Crippen LogP contribution is -2.61. The molecule has 0 radical (unpaired) electrons. The van der Waals surface area contributed by atoms with Gasteiger partial charge < -0.3 is 44.7 Å². The number of benzene rings is 1. The predicted molar refractivity (Wildman–Crippen MR) is 229 cm³/mol. The van der Waals surface area contributed by atoms with Crippen molar-refractivity contribution in [2.45, 2.75) is 169 Å². The minimum atomic E-state index is -1.82. The number of methoxy groups -OCH3 is 1. The van der Waals surface area contributed by atoms with Crippen LogP contribution in [0.4, 0.5) is 0 Å². The maximum atomic E-state index is 13.8. The quantitative estimate of drug-likeness (QED) is 0.0870. The van der Waals surface area contributed by atoms with Crippen molar-refractivity contribution < 1.29 is 53.8 Å². The van der Waals surface area contributed by atoms with E-state index in [2.05, 4.69) is 39.9 Å². The van der Waals surface area contributed by atoms with E-state index in [-0.39, 0.29) is 47.0 Å². The molecule has 12 heteroatoms. The number of aliphatic hydroxyl groups excluding tert-OH is 2. The van der Waals surface area contributed by atoms with Crippen LogP contribution in [0.3, 0.4) is 0 Å². The van der Waals surface area contributed by atoms with E-state index < -0.39 is 82.7 Å². The molecule has 1 aliphatic heterocycles. The summed E-state index contributed by atoms with van der Waals surface area (Å²) in [5, 5.41) is 48.4. The molecular formula is C49H71NO11. The maximum Gasteiger partial charge on any atom is 0.354 e. The van der Waals surface area contributed by atoms with E-state index in [9.17, 15) is 39.6 Å². The van der Waals surface area contributed by atoms with Crippen LogP contribution < -0.4 is 5.32 Å². The Morgan fingerprint density at radius 3 is 2.21 bits per heavy atom. The van der Waals surface area contributed by atoms with Gasteiger partial charge in [0, 0.05) is 29.1 Å². The molecule has 0 aromatic heterocycles. The van der Waals surface area contributed by atoms with Gasteiger partial charge in [-0.3, -0.25) is 9.59 Å². The van der Waals surface area contributed by atoms with E-state index in [1.165, 1.54) is 31.3 Å². The number of esters is 2. The van der Waals surface area contributed by atoms with Gasteiger partial charge in [0.05, 0.1) is 43.4 Å². The van der Waals surface area contributed by atoms with E-state index in [0.717, 1.165) is 25.7 Å². The number of carbonyl (C=O) groups excluding carboxylic acids is 4. The SMILES string of the molecule is COC(=O)C(=Cc1ccccc1)NC(=O)CC(C)(O)CC(=O)OC1C(CC(C)=O)CC2(C)C3=C(CCC2C1(C)C)C1(C)CCC(C2CCC(C(C)(C)O)OC2O)C1(C)C(O)C3. The lowest BCUT2D eigenvalue weighted by molar-refractivity contribution is -0.251. The summed E-state index contributed by atoms with van der Waals surface area (Å²) in [5.41, 5.74) is -1.55. The third-order valence-electron chi connectivity index (χ3n) is 16.3. The molecule has 6 rings (SSSR count). The molecule has 0 bridgehead atoms. The van der Waals surface area contributed by atoms with Crippen LogP contribution in [0.15, 0.2) is 47.2 Å². The maximum absolute atomic E-state index is 13.8. The average Bonchev–Trinajstić information content (AvgIpc) is 3.44. The van der Waals surface area contributed by atoms with Crippen molar-refractivity contribution >= 4 is 29.7 Å². The molecule has 12 unspecified atom stereocenters. The van der Waals surface area contributed by atoms with Crippen LogP contribution in [0.2, 0.25) is 0 Å². The molecule has 1 heterocycles. The highest BCUT2D eigenvalue weighted by atomic mass is 16.6. The Morgan fingerprint density at radius 1 is 0.934 bits per heavy atom. The van der Waals surface area contributed by atoms with E-state index in [4.69, 9.17) is 14.2 Å². The summed E-state index contributed by atoms with van der Waals surface area (Å²) in [5.74, 6) is -2.60. The molecular weight excluding hydrogens is 779 g/mol. The lowest BCUT2D eigenvalue weighted by atomic mass is 9.41. The summed E-state index contributed by atoms with van der Waals surface area (Å²) >= 11 is 0. The number of nitrogens with one attached hydrogen (secondary N) is 1. The predicted octanol–water partition coefficient (Wildman–Crippen LogP) is 6.57. The van der Waals surface area contributed by atoms with Crippen LogP contribution in [0, 0.1) is 45.3 Å². The van der Waals surface area contributed by atoms with Crippen LogP contribution in [0.1, 0.15) is 139 Å². The molecule has 5 N–H and O–H groups in total. The number of hydrogen-bond acceptors (Lipinski definition) is 11. The van der Waals surface area contributed by atoms with E-state index in [1.807, 2.05) is 6.07 Å². The summed E-state index contributed by atoms with van der Waals surface area (Å²) < 4.78 is 17.3. The number of hydrogen-bond donors (Lipinski definition) is 5. The number of ether oxygens (including phenoxy) is 3. The first-order chi connectivity index (χ1) is 28.3. The minimum Gasteiger partial charge on any atom is -0.464 e. The van der Waals surface area contributed by atoms with Crippen LogP contribution in [-0.2, 0) is 33.4 Å². The molecule has 12 atom stereocenters. The fraction of sp³-hybridized carbons (Fsp3) is 0.714. The molecule has 1 aromatic rings. The second-order valence-electron chi connectivity index (χ2n) is 21.3. The fourth-order valence-electron chi connectivity index (χ4n) is 13.4. The third kappa shape index (κ3) is 8.78. The zero-order valence-electron chi connectivity index (χ0n) is 38.0. The largest absolute Gasteiger partial charge is 0.464 e. The first kappa shape index (κ1) is 47.1. The second-order valence-corrected chi connectivity index (χ2v) is 21.3. The number of carbonyl (C=O) groups is 4. The highest BCUT2D eigenvalue weighted by Gasteiger charge is 2.68. The van der Waals surface area contributed by atoms with Crippen LogP contribution in [0.25, 0.3) is 6.08 Å². The zero-order chi connectivity index (χ0) is 45.1. The van der Waals surface area contributed by atoms with Crippen molar-refractivity contribution in [1.29, 1.82) is 0 Å². The number of rotatable bonds is 12. The highest BCUT2D eigenvalue weighted by molar-refractivity contribution is 5.98. The van der Waals surface area contributed by atoms with Crippen LogP contribution in [-0.4, -0.2) is 87.0 Å². The van der Waals surface area contributed by atoms with Crippen LogP contribution >= 0.6 is 0 Å². The summed E-state index contributed by atoms with van der Waals surface area (Å²) in [7, 11) is 1.20. The molecule has 12 nitrogen and oxygen atoms in total. The van der Waals surface area contributed by atoms with Crippen molar-refractivity contribution in [2.75, 3.05) is 7.11 Å². The van der Waals surface area contributed by atoms with Crippen LogP contribution in [0.5, 0.6) is 0 Å². The topological polar surface area (TPSA) is 189 Å². The van der Waals surface area contributed by atoms with Gasteiger partial charge in [-0.15, -0.1) is 0 Å². The van der Waals surface area contributed by atoms with Gasteiger partial charge in [0.2, 0.25) is 5.91 Å². The smallest absolute Gasteiger partial charge is 0.354 e. The van der Waals surface area contributed by atoms with Crippen molar-refractivity contribution in [3.8, 4) is 0 Å². The van der Waals surface area contributed by atoms with Gasteiger partial charge in [0.25, 0.3) is 0 Å². The summed E-state index contributed by atoms with van der Waals surface area (Å²) in [4.78, 5) is 52.5. The fourth-order valence-corrected chi connectivity index (χ4v) is 13.4.